The summed E-state index contributed by atoms with van der Waals surface area (Å²) < 4.78 is 12.4. The smallest absolute Gasteiger partial charge is 0.257 e. The first-order valence-corrected chi connectivity index (χ1v) is 8.12. The van der Waals surface area contributed by atoms with E-state index in [2.05, 4.69) is 10.3 Å². The molecule has 1 saturated carbocycles. The average molecular weight is 328 g/mol. The monoisotopic (exact) mass is 328 g/mol. The first kappa shape index (κ1) is 15.0. The van der Waals surface area contributed by atoms with Crippen molar-refractivity contribution in [3.05, 3.63) is 35.7 Å². The Morgan fingerprint density at radius 2 is 2.00 bits per heavy atom. The lowest BCUT2D eigenvalue weighted by Gasteiger charge is -2.39. The summed E-state index contributed by atoms with van der Waals surface area (Å²) in [6, 6.07) is 5.45. The van der Waals surface area contributed by atoms with E-state index in [1.807, 2.05) is 10.9 Å². The maximum absolute atomic E-state index is 12.7. The fourth-order valence-corrected chi connectivity index (χ4v) is 2.97. The molecule has 1 aromatic heterocycles. The van der Waals surface area contributed by atoms with Gasteiger partial charge in [0.25, 0.3) is 5.91 Å². The van der Waals surface area contributed by atoms with Crippen LogP contribution in [0, 0.1) is 0 Å². The predicted octanol–water partition coefficient (Wildman–Crippen LogP) is 1.87. The molecule has 1 saturated heterocycles. The van der Waals surface area contributed by atoms with Crippen LogP contribution >= 0.6 is 0 Å². The maximum atomic E-state index is 12.7. The van der Waals surface area contributed by atoms with Gasteiger partial charge < -0.3 is 14.4 Å². The normalized spacial score (nSPS) is 17.5. The van der Waals surface area contributed by atoms with Gasteiger partial charge in [-0.3, -0.25) is 4.79 Å². The van der Waals surface area contributed by atoms with E-state index in [1.165, 1.54) is 12.8 Å². The molecule has 2 heterocycles. The van der Waals surface area contributed by atoms with Crippen LogP contribution in [0.5, 0.6) is 11.5 Å². The summed E-state index contributed by atoms with van der Waals surface area (Å²) in [5.74, 6) is 1.76. The molecule has 7 nitrogen and oxygen atoms in total. The summed E-state index contributed by atoms with van der Waals surface area (Å²) in [6.45, 7) is 1.28. The standard InChI is InChI=1S/C17H20N4O3/c1-23-13-5-6-14(16(7-13)24-2)17(22)20-8-12(9-20)21-10-15(18-19-21)11-3-4-11/h5-7,10-12H,3-4,8-9H2,1-2H3. The maximum Gasteiger partial charge on any atom is 0.257 e. The number of nitrogens with zero attached hydrogens (tertiary/aromatic N) is 4. The Kier molecular flexibility index (Phi) is 3.63. The lowest BCUT2D eigenvalue weighted by atomic mass is 10.1. The Hall–Kier alpha value is -2.57. The SMILES string of the molecule is COc1ccc(C(=O)N2CC(n3cc(C4CC4)nn3)C2)c(OC)c1. The number of likely N-dealkylation sites (tertiary alicyclic amines) is 1. The molecule has 0 atom stereocenters. The molecule has 0 unspecified atom stereocenters. The molecule has 1 amide bonds. The highest BCUT2D eigenvalue weighted by Crippen LogP contribution is 2.39. The minimum atomic E-state index is -0.0340. The zero-order valence-electron chi connectivity index (χ0n) is 13.8. The minimum absolute atomic E-state index is 0.0340. The first-order chi connectivity index (χ1) is 11.7. The van der Waals surface area contributed by atoms with Crippen LogP contribution in [0.25, 0.3) is 0 Å². The van der Waals surface area contributed by atoms with E-state index >= 15 is 0 Å². The largest absolute Gasteiger partial charge is 0.497 e. The third-order valence-corrected chi connectivity index (χ3v) is 4.69. The van der Waals surface area contributed by atoms with Crippen LogP contribution in [0.3, 0.4) is 0 Å². The van der Waals surface area contributed by atoms with Gasteiger partial charge in [0.2, 0.25) is 0 Å². The van der Waals surface area contributed by atoms with E-state index in [4.69, 9.17) is 9.47 Å². The molecule has 7 heteroatoms. The van der Waals surface area contributed by atoms with Crippen LogP contribution in [0.4, 0.5) is 0 Å². The van der Waals surface area contributed by atoms with Crippen molar-refractivity contribution < 1.29 is 14.3 Å². The summed E-state index contributed by atoms with van der Waals surface area (Å²) >= 11 is 0. The third-order valence-electron chi connectivity index (χ3n) is 4.69. The van der Waals surface area contributed by atoms with Crippen molar-refractivity contribution >= 4 is 5.91 Å². The van der Waals surface area contributed by atoms with Gasteiger partial charge in [0.15, 0.2) is 0 Å². The van der Waals surface area contributed by atoms with Crippen molar-refractivity contribution in [1.82, 2.24) is 19.9 Å². The van der Waals surface area contributed by atoms with Gasteiger partial charge in [0.1, 0.15) is 11.5 Å². The second-order valence-electron chi connectivity index (χ2n) is 6.33. The van der Waals surface area contributed by atoms with Crippen molar-refractivity contribution in [3.63, 3.8) is 0 Å². The quantitative estimate of drug-likeness (QED) is 0.838. The predicted molar refractivity (Wildman–Crippen MR) is 86.5 cm³/mol. The van der Waals surface area contributed by atoms with Gasteiger partial charge in [0.05, 0.1) is 31.5 Å². The van der Waals surface area contributed by atoms with Crippen LogP contribution in [0.15, 0.2) is 24.4 Å². The van der Waals surface area contributed by atoms with Crippen LogP contribution in [0.2, 0.25) is 0 Å². The van der Waals surface area contributed by atoms with Crippen LogP contribution in [-0.4, -0.2) is 53.1 Å². The van der Waals surface area contributed by atoms with Gasteiger partial charge in [-0.05, 0) is 25.0 Å². The van der Waals surface area contributed by atoms with E-state index in [9.17, 15) is 4.79 Å². The molecule has 1 aromatic carbocycles. The van der Waals surface area contributed by atoms with Crippen LogP contribution in [-0.2, 0) is 0 Å². The molecule has 1 aliphatic carbocycles. The molecule has 126 valence electrons. The number of aromatic nitrogens is 3. The summed E-state index contributed by atoms with van der Waals surface area (Å²) in [5.41, 5.74) is 1.63. The number of benzene rings is 1. The molecule has 24 heavy (non-hydrogen) atoms. The number of amides is 1. The Morgan fingerprint density at radius 3 is 2.67 bits per heavy atom. The second kappa shape index (κ2) is 5.81. The lowest BCUT2D eigenvalue weighted by Crippen LogP contribution is -2.51. The van der Waals surface area contributed by atoms with E-state index < -0.39 is 0 Å². The Balaban J connectivity index is 1.43. The topological polar surface area (TPSA) is 69.5 Å². The number of ether oxygens (including phenoxy) is 2. The second-order valence-corrected chi connectivity index (χ2v) is 6.33. The van der Waals surface area contributed by atoms with Gasteiger partial charge in [0, 0.05) is 31.3 Å². The highest BCUT2D eigenvalue weighted by Gasteiger charge is 2.35. The summed E-state index contributed by atoms with van der Waals surface area (Å²) in [6.07, 6.45) is 4.45. The van der Waals surface area contributed by atoms with Crippen molar-refractivity contribution in [2.45, 2.75) is 24.8 Å². The van der Waals surface area contributed by atoms with E-state index in [0.29, 0.717) is 36.1 Å². The van der Waals surface area contributed by atoms with E-state index in [-0.39, 0.29) is 11.9 Å². The first-order valence-electron chi connectivity index (χ1n) is 8.12. The molecular weight excluding hydrogens is 308 g/mol. The zero-order valence-corrected chi connectivity index (χ0v) is 13.8. The fraction of sp³-hybridized carbons (Fsp3) is 0.471. The highest BCUT2D eigenvalue weighted by atomic mass is 16.5. The minimum Gasteiger partial charge on any atom is -0.497 e. The van der Waals surface area contributed by atoms with Crippen molar-refractivity contribution in [2.75, 3.05) is 27.3 Å². The number of hydrogen-bond acceptors (Lipinski definition) is 5. The van der Waals surface area contributed by atoms with E-state index in [0.717, 1.165) is 5.69 Å². The molecule has 2 aromatic rings. The molecular formula is C17H20N4O3. The summed E-state index contributed by atoms with van der Waals surface area (Å²) in [4.78, 5) is 14.5. The number of rotatable bonds is 5. The highest BCUT2D eigenvalue weighted by molar-refractivity contribution is 5.97. The Bertz CT molecular complexity index is 763. The van der Waals surface area contributed by atoms with E-state index in [1.54, 1.807) is 37.3 Å². The van der Waals surface area contributed by atoms with Gasteiger partial charge in [-0.15, -0.1) is 5.10 Å². The lowest BCUT2D eigenvalue weighted by molar-refractivity contribution is 0.0495. The van der Waals surface area contributed by atoms with Gasteiger partial charge in [-0.2, -0.15) is 0 Å². The number of carbonyl (C=O) groups excluding carboxylic acids is 1. The number of hydrogen-bond donors (Lipinski definition) is 0. The van der Waals surface area contributed by atoms with Crippen molar-refractivity contribution in [1.29, 1.82) is 0 Å². The molecule has 0 radical (unpaired) electrons. The number of carbonyl (C=O) groups is 1. The summed E-state index contributed by atoms with van der Waals surface area (Å²) in [7, 11) is 3.14. The fourth-order valence-electron chi connectivity index (χ4n) is 2.97. The molecule has 0 bridgehead atoms. The number of methoxy groups -OCH3 is 2. The Morgan fingerprint density at radius 1 is 1.21 bits per heavy atom. The molecule has 4 rings (SSSR count). The molecule has 2 aliphatic rings. The average Bonchev–Trinajstić information content (AvgIpc) is 3.31. The third kappa shape index (κ3) is 2.60. The molecule has 1 aliphatic heterocycles. The van der Waals surface area contributed by atoms with Crippen LogP contribution in [0.1, 0.15) is 40.9 Å². The van der Waals surface area contributed by atoms with Gasteiger partial charge in [-0.25, -0.2) is 4.68 Å². The van der Waals surface area contributed by atoms with Gasteiger partial charge >= 0.3 is 0 Å². The van der Waals surface area contributed by atoms with Crippen molar-refractivity contribution in [2.24, 2.45) is 0 Å². The molecule has 0 N–H and O–H groups in total. The molecule has 0 spiro atoms. The van der Waals surface area contributed by atoms with Crippen molar-refractivity contribution in [3.8, 4) is 11.5 Å². The Labute approximate surface area is 140 Å². The van der Waals surface area contributed by atoms with Gasteiger partial charge in [-0.1, -0.05) is 5.21 Å². The molecule has 2 fully saturated rings. The summed E-state index contributed by atoms with van der Waals surface area (Å²) in [5, 5.41) is 8.44. The van der Waals surface area contributed by atoms with Crippen LogP contribution < -0.4 is 9.47 Å². The zero-order chi connectivity index (χ0) is 16.7.